The summed E-state index contributed by atoms with van der Waals surface area (Å²) in [7, 11) is 1.65. The average Bonchev–Trinajstić information content (AvgIpc) is 3.30. The van der Waals surface area contributed by atoms with E-state index in [2.05, 4.69) is 18.0 Å². The van der Waals surface area contributed by atoms with Crippen molar-refractivity contribution in [1.82, 2.24) is 9.55 Å². The molecule has 0 bridgehead atoms. The molecule has 1 aromatic heterocycles. The van der Waals surface area contributed by atoms with Crippen molar-refractivity contribution in [3.8, 4) is 11.4 Å². The summed E-state index contributed by atoms with van der Waals surface area (Å²) in [6.45, 7) is 4.05. The monoisotopic (exact) mass is 393 g/mol. The summed E-state index contributed by atoms with van der Waals surface area (Å²) in [6, 6.07) is 16.1. The number of anilines is 1. The highest BCUT2D eigenvalue weighted by Crippen LogP contribution is 2.35. The predicted molar refractivity (Wildman–Crippen MR) is 113 cm³/mol. The van der Waals surface area contributed by atoms with Crippen LogP contribution in [-0.4, -0.2) is 33.9 Å². The maximum absolute atomic E-state index is 13.2. The third-order valence-corrected chi connectivity index (χ3v) is 6.08. The summed E-state index contributed by atoms with van der Waals surface area (Å²) < 4.78 is 7.31. The van der Waals surface area contributed by atoms with Gasteiger partial charge >= 0.3 is 0 Å². The molecular formula is C22H23N3O2S. The van der Waals surface area contributed by atoms with Crippen LogP contribution in [0.15, 0.2) is 66.1 Å². The Morgan fingerprint density at radius 1 is 1.25 bits per heavy atom. The number of carbonyl (C=O) groups excluding carboxylic acids is 1. The molecule has 5 nitrogen and oxygen atoms in total. The Morgan fingerprint density at radius 3 is 2.89 bits per heavy atom. The molecule has 28 heavy (non-hydrogen) atoms. The molecule has 3 aromatic rings. The van der Waals surface area contributed by atoms with E-state index in [1.165, 1.54) is 17.3 Å². The molecule has 1 amide bonds. The smallest absolute Gasteiger partial charge is 0.240 e. The lowest BCUT2D eigenvalue weighted by molar-refractivity contribution is -0.118. The highest BCUT2D eigenvalue weighted by molar-refractivity contribution is 8.00. The van der Waals surface area contributed by atoms with E-state index in [1.807, 2.05) is 65.1 Å². The molecule has 0 saturated carbocycles. The summed E-state index contributed by atoms with van der Waals surface area (Å²) in [5.41, 5.74) is 3.22. The number of imidazole rings is 1. The lowest BCUT2D eigenvalue weighted by Crippen LogP contribution is -2.40. The van der Waals surface area contributed by atoms with Crippen LogP contribution in [0.2, 0.25) is 0 Å². The minimum absolute atomic E-state index is 0.114. The van der Waals surface area contributed by atoms with E-state index in [4.69, 9.17) is 4.74 Å². The zero-order valence-corrected chi connectivity index (χ0v) is 17.0. The number of thioether (sulfide) groups is 1. The van der Waals surface area contributed by atoms with E-state index in [0.717, 1.165) is 28.7 Å². The Morgan fingerprint density at radius 2 is 2.07 bits per heavy atom. The van der Waals surface area contributed by atoms with E-state index in [-0.39, 0.29) is 17.2 Å². The first-order valence-corrected chi connectivity index (χ1v) is 10.2. The van der Waals surface area contributed by atoms with Gasteiger partial charge in [-0.1, -0.05) is 36.0 Å². The van der Waals surface area contributed by atoms with Crippen LogP contribution in [0.4, 0.5) is 5.69 Å². The number of carbonyl (C=O) groups is 1. The van der Waals surface area contributed by atoms with Crippen LogP contribution in [0.5, 0.6) is 5.75 Å². The lowest BCUT2D eigenvalue weighted by atomic mass is 10.1. The molecule has 144 valence electrons. The van der Waals surface area contributed by atoms with E-state index < -0.39 is 0 Å². The molecule has 0 saturated heterocycles. The molecule has 0 spiro atoms. The minimum Gasteiger partial charge on any atom is -0.497 e. The highest BCUT2D eigenvalue weighted by atomic mass is 32.2. The number of methoxy groups -OCH3 is 1. The molecule has 0 aliphatic carbocycles. The second-order valence-corrected chi connectivity index (χ2v) is 8.24. The first-order valence-electron chi connectivity index (χ1n) is 9.34. The third kappa shape index (κ3) is 3.40. The number of rotatable bonds is 5. The normalized spacial score (nSPS) is 16.7. The van der Waals surface area contributed by atoms with Crippen LogP contribution < -0.4 is 9.64 Å². The van der Waals surface area contributed by atoms with Crippen LogP contribution in [0.1, 0.15) is 19.4 Å². The van der Waals surface area contributed by atoms with Gasteiger partial charge < -0.3 is 9.64 Å². The maximum Gasteiger partial charge on any atom is 0.240 e. The van der Waals surface area contributed by atoms with Gasteiger partial charge in [0.25, 0.3) is 0 Å². The second-order valence-electron chi connectivity index (χ2n) is 6.93. The number of benzene rings is 2. The van der Waals surface area contributed by atoms with Crippen molar-refractivity contribution >= 4 is 23.4 Å². The fraction of sp³-hybridized carbons (Fsp3) is 0.273. The van der Waals surface area contributed by atoms with Crippen LogP contribution >= 0.6 is 11.8 Å². The van der Waals surface area contributed by atoms with Crippen LogP contribution in [0.25, 0.3) is 5.69 Å². The third-order valence-electron chi connectivity index (χ3n) is 5.01. The second kappa shape index (κ2) is 7.72. The number of hydrogen-bond donors (Lipinski definition) is 0. The number of nitrogens with zero attached hydrogens (tertiary/aromatic N) is 3. The van der Waals surface area contributed by atoms with Gasteiger partial charge in [0.15, 0.2) is 5.16 Å². The van der Waals surface area contributed by atoms with Gasteiger partial charge in [0.2, 0.25) is 5.91 Å². The van der Waals surface area contributed by atoms with Gasteiger partial charge in [-0.15, -0.1) is 0 Å². The maximum atomic E-state index is 13.2. The van der Waals surface area contributed by atoms with Crippen molar-refractivity contribution < 1.29 is 9.53 Å². The van der Waals surface area contributed by atoms with Crippen molar-refractivity contribution in [3.05, 3.63) is 66.5 Å². The summed E-state index contributed by atoms with van der Waals surface area (Å²) in [5.74, 6) is 0.899. The number of hydrogen-bond acceptors (Lipinski definition) is 4. The molecule has 1 aliphatic rings. The molecule has 1 aliphatic heterocycles. The van der Waals surface area contributed by atoms with Crippen molar-refractivity contribution in [2.24, 2.45) is 0 Å². The summed E-state index contributed by atoms with van der Waals surface area (Å²) >= 11 is 1.48. The molecule has 2 atom stereocenters. The molecule has 2 aromatic carbocycles. The van der Waals surface area contributed by atoms with E-state index in [0.29, 0.717) is 0 Å². The Labute approximate surface area is 169 Å². The summed E-state index contributed by atoms with van der Waals surface area (Å²) in [5, 5.41) is 0.537. The lowest BCUT2D eigenvalue weighted by Gasteiger charge is -2.25. The summed E-state index contributed by atoms with van der Waals surface area (Å²) in [6.07, 6.45) is 4.56. The average molecular weight is 394 g/mol. The van der Waals surface area contributed by atoms with E-state index in [9.17, 15) is 4.79 Å². The molecule has 4 rings (SSSR count). The van der Waals surface area contributed by atoms with Crippen molar-refractivity contribution in [1.29, 1.82) is 0 Å². The molecule has 6 heteroatoms. The zero-order chi connectivity index (χ0) is 19.7. The van der Waals surface area contributed by atoms with Gasteiger partial charge in [-0.3, -0.25) is 9.36 Å². The SMILES string of the molecule is COc1cccc(-n2ccnc2S[C@H](C)C(=O)N2c3ccccc3C[C@@H]2C)c1. The van der Waals surface area contributed by atoms with Gasteiger partial charge in [-0.25, -0.2) is 4.98 Å². The Kier molecular flexibility index (Phi) is 5.13. The van der Waals surface area contributed by atoms with Crippen molar-refractivity contribution in [3.63, 3.8) is 0 Å². The van der Waals surface area contributed by atoms with E-state index in [1.54, 1.807) is 13.3 Å². The largest absolute Gasteiger partial charge is 0.497 e. The van der Waals surface area contributed by atoms with Gasteiger partial charge in [0.1, 0.15) is 5.75 Å². The van der Waals surface area contributed by atoms with Gasteiger partial charge in [-0.2, -0.15) is 0 Å². The molecular weight excluding hydrogens is 370 g/mol. The quantitative estimate of drug-likeness (QED) is 0.605. The Hall–Kier alpha value is -2.73. The van der Waals surface area contributed by atoms with Crippen LogP contribution in [0.3, 0.4) is 0 Å². The Bertz CT molecular complexity index is 1000. The van der Waals surface area contributed by atoms with E-state index >= 15 is 0 Å². The topological polar surface area (TPSA) is 47.4 Å². The highest BCUT2D eigenvalue weighted by Gasteiger charge is 2.33. The predicted octanol–water partition coefficient (Wildman–Crippen LogP) is 4.34. The first kappa shape index (κ1) is 18.6. The first-order chi connectivity index (χ1) is 13.6. The molecule has 0 radical (unpaired) electrons. The molecule has 0 N–H and O–H groups in total. The zero-order valence-electron chi connectivity index (χ0n) is 16.2. The standard InChI is InChI=1S/C22H23N3O2S/c1-15-13-17-7-4-5-10-20(17)25(15)21(26)16(2)28-22-23-11-12-24(22)18-8-6-9-19(14-18)27-3/h4-12,14-16H,13H2,1-3H3/t15-,16+/m0/s1. The number of fused-ring (bicyclic) bond motifs is 1. The summed E-state index contributed by atoms with van der Waals surface area (Å²) in [4.78, 5) is 19.7. The minimum atomic E-state index is -0.250. The number of para-hydroxylation sites is 1. The van der Waals surface area contributed by atoms with Gasteiger partial charge in [-0.05, 0) is 44.0 Å². The van der Waals surface area contributed by atoms with Crippen molar-refractivity contribution in [2.45, 2.75) is 36.7 Å². The number of ether oxygens (including phenoxy) is 1. The fourth-order valence-corrected chi connectivity index (χ4v) is 4.57. The molecule has 0 unspecified atom stereocenters. The molecule has 0 fully saturated rings. The molecule has 2 heterocycles. The van der Waals surface area contributed by atoms with Gasteiger partial charge in [0, 0.05) is 30.2 Å². The van der Waals surface area contributed by atoms with Crippen molar-refractivity contribution in [2.75, 3.05) is 12.0 Å². The number of aromatic nitrogens is 2. The van der Waals surface area contributed by atoms with Crippen LogP contribution in [-0.2, 0) is 11.2 Å². The van der Waals surface area contributed by atoms with Crippen LogP contribution in [0, 0.1) is 0 Å². The Balaban J connectivity index is 1.56. The number of amides is 1. The fourth-order valence-electron chi connectivity index (χ4n) is 3.64. The van der Waals surface area contributed by atoms with Gasteiger partial charge in [0.05, 0.1) is 18.0 Å².